The summed E-state index contributed by atoms with van der Waals surface area (Å²) in [5.74, 6) is 0.428. The lowest BCUT2D eigenvalue weighted by Gasteiger charge is -2.27. The molecule has 0 aromatic heterocycles. The van der Waals surface area contributed by atoms with E-state index in [0.717, 1.165) is 25.9 Å². The number of amides is 1. The molecule has 0 saturated carbocycles. The lowest BCUT2D eigenvalue weighted by atomic mass is 9.98. The van der Waals surface area contributed by atoms with Gasteiger partial charge >= 0.3 is 0 Å². The van der Waals surface area contributed by atoms with E-state index in [1.165, 1.54) is 11.1 Å². The van der Waals surface area contributed by atoms with Crippen molar-refractivity contribution in [3.05, 3.63) is 35.4 Å². The van der Waals surface area contributed by atoms with Gasteiger partial charge in [-0.3, -0.25) is 4.79 Å². The Kier molecular flexibility index (Phi) is 4.37. The van der Waals surface area contributed by atoms with Crippen molar-refractivity contribution in [2.75, 3.05) is 20.1 Å². The Morgan fingerprint density at radius 1 is 1.39 bits per heavy atom. The predicted octanol–water partition coefficient (Wildman–Crippen LogP) is 1.95. The minimum absolute atomic E-state index is 0.161. The first-order chi connectivity index (χ1) is 8.66. The van der Waals surface area contributed by atoms with Crippen LogP contribution in [0.2, 0.25) is 0 Å². The molecule has 3 heteroatoms. The van der Waals surface area contributed by atoms with Gasteiger partial charge in [0.15, 0.2) is 0 Å². The van der Waals surface area contributed by atoms with Crippen LogP contribution in [0, 0.1) is 12.8 Å². The van der Waals surface area contributed by atoms with Gasteiger partial charge in [-0.25, -0.2) is 0 Å². The highest BCUT2D eigenvalue weighted by Gasteiger charge is 2.23. The SMILES string of the molecule is Cc1ccc(CN(C)C(=O)[C@H]2CCCNC2)cc1. The summed E-state index contributed by atoms with van der Waals surface area (Å²) in [4.78, 5) is 14.1. The number of rotatable bonds is 3. The number of carbonyl (C=O) groups is 1. The molecule has 1 aromatic rings. The van der Waals surface area contributed by atoms with Gasteiger partial charge in [0.1, 0.15) is 0 Å². The minimum Gasteiger partial charge on any atom is -0.341 e. The molecule has 0 aliphatic carbocycles. The molecule has 18 heavy (non-hydrogen) atoms. The van der Waals surface area contributed by atoms with Crippen LogP contribution in [0.4, 0.5) is 0 Å². The van der Waals surface area contributed by atoms with Crippen LogP contribution < -0.4 is 5.32 Å². The quantitative estimate of drug-likeness (QED) is 0.884. The van der Waals surface area contributed by atoms with Gasteiger partial charge in [0.05, 0.1) is 5.92 Å². The van der Waals surface area contributed by atoms with Gasteiger partial charge in [0.2, 0.25) is 5.91 Å². The van der Waals surface area contributed by atoms with E-state index >= 15 is 0 Å². The second-order valence-electron chi connectivity index (χ2n) is 5.22. The van der Waals surface area contributed by atoms with E-state index in [1.54, 1.807) is 0 Å². The highest BCUT2D eigenvalue weighted by atomic mass is 16.2. The number of benzene rings is 1. The van der Waals surface area contributed by atoms with Crippen molar-refractivity contribution in [2.45, 2.75) is 26.3 Å². The molecular formula is C15H22N2O. The molecular weight excluding hydrogens is 224 g/mol. The molecule has 1 saturated heterocycles. The van der Waals surface area contributed by atoms with Crippen molar-refractivity contribution >= 4 is 5.91 Å². The number of aryl methyl sites for hydroxylation is 1. The summed E-state index contributed by atoms with van der Waals surface area (Å²) in [5, 5.41) is 3.29. The molecule has 1 heterocycles. The van der Waals surface area contributed by atoms with Gasteiger partial charge in [0.25, 0.3) is 0 Å². The van der Waals surface area contributed by atoms with Crippen LogP contribution in [-0.2, 0) is 11.3 Å². The van der Waals surface area contributed by atoms with Gasteiger partial charge < -0.3 is 10.2 Å². The van der Waals surface area contributed by atoms with Crippen molar-refractivity contribution in [3.63, 3.8) is 0 Å². The van der Waals surface area contributed by atoms with E-state index in [1.807, 2.05) is 11.9 Å². The maximum atomic E-state index is 12.3. The fourth-order valence-electron chi connectivity index (χ4n) is 2.42. The molecule has 0 radical (unpaired) electrons. The van der Waals surface area contributed by atoms with Crippen LogP contribution in [0.5, 0.6) is 0 Å². The molecule has 1 fully saturated rings. The lowest BCUT2D eigenvalue weighted by molar-refractivity contribution is -0.135. The van der Waals surface area contributed by atoms with Crippen LogP contribution in [0.3, 0.4) is 0 Å². The smallest absolute Gasteiger partial charge is 0.227 e. The highest BCUT2D eigenvalue weighted by Crippen LogP contribution is 2.14. The molecule has 0 spiro atoms. The molecule has 2 rings (SSSR count). The topological polar surface area (TPSA) is 32.3 Å². The largest absolute Gasteiger partial charge is 0.341 e. The van der Waals surface area contributed by atoms with Gasteiger partial charge in [-0.1, -0.05) is 29.8 Å². The van der Waals surface area contributed by atoms with E-state index in [4.69, 9.17) is 0 Å². The first kappa shape index (κ1) is 13.1. The Morgan fingerprint density at radius 3 is 2.72 bits per heavy atom. The Morgan fingerprint density at radius 2 is 2.11 bits per heavy atom. The van der Waals surface area contributed by atoms with Crippen LogP contribution in [0.25, 0.3) is 0 Å². The van der Waals surface area contributed by atoms with Crippen LogP contribution in [-0.4, -0.2) is 30.9 Å². The molecule has 1 aliphatic heterocycles. The van der Waals surface area contributed by atoms with Gasteiger partial charge in [-0.2, -0.15) is 0 Å². The molecule has 98 valence electrons. The van der Waals surface area contributed by atoms with E-state index in [0.29, 0.717) is 6.54 Å². The van der Waals surface area contributed by atoms with Crippen LogP contribution >= 0.6 is 0 Å². The predicted molar refractivity (Wildman–Crippen MR) is 73.2 cm³/mol. The summed E-state index contributed by atoms with van der Waals surface area (Å²) in [6, 6.07) is 8.38. The van der Waals surface area contributed by atoms with Gasteiger partial charge in [-0.05, 0) is 31.9 Å². The van der Waals surface area contributed by atoms with Gasteiger partial charge in [-0.15, -0.1) is 0 Å². The zero-order valence-corrected chi connectivity index (χ0v) is 11.3. The van der Waals surface area contributed by atoms with Crippen molar-refractivity contribution in [1.82, 2.24) is 10.2 Å². The first-order valence-electron chi connectivity index (χ1n) is 6.68. The lowest BCUT2D eigenvalue weighted by Crippen LogP contribution is -2.41. The molecule has 1 atom stereocenters. The number of hydrogen-bond acceptors (Lipinski definition) is 2. The van der Waals surface area contributed by atoms with E-state index in [2.05, 4.69) is 36.5 Å². The number of carbonyl (C=O) groups excluding carboxylic acids is 1. The number of nitrogens with one attached hydrogen (secondary N) is 1. The molecule has 1 aromatic carbocycles. The second kappa shape index (κ2) is 6.01. The van der Waals surface area contributed by atoms with Crippen LogP contribution in [0.1, 0.15) is 24.0 Å². The molecule has 3 nitrogen and oxygen atoms in total. The Hall–Kier alpha value is -1.35. The fourth-order valence-corrected chi connectivity index (χ4v) is 2.42. The molecule has 0 unspecified atom stereocenters. The summed E-state index contributed by atoms with van der Waals surface area (Å²) in [5.41, 5.74) is 2.45. The summed E-state index contributed by atoms with van der Waals surface area (Å²) in [6.07, 6.45) is 2.12. The highest BCUT2D eigenvalue weighted by molar-refractivity contribution is 5.78. The fraction of sp³-hybridized carbons (Fsp3) is 0.533. The monoisotopic (exact) mass is 246 g/mol. The zero-order valence-electron chi connectivity index (χ0n) is 11.3. The summed E-state index contributed by atoms with van der Waals surface area (Å²) in [6.45, 7) is 4.66. The van der Waals surface area contributed by atoms with Crippen molar-refractivity contribution in [2.24, 2.45) is 5.92 Å². The van der Waals surface area contributed by atoms with E-state index in [9.17, 15) is 4.79 Å². The number of piperidine rings is 1. The van der Waals surface area contributed by atoms with E-state index in [-0.39, 0.29) is 11.8 Å². The molecule has 0 bridgehead atoms. The Balaban J connectivity index is 1.92. The summed E-state index contributed by atoms with van der Waals surface area (Å²) >= 11 is 0. The number of nitrogens with zero attached hydrogens (tertiary/aromatic N) is 1. The van der Waals surface area contributed by atoms with Crippen LogP contribution in [0.15, 0.2) is 24.3 Å². The molecule has 1 aliphatic rings. The third-order valence-corrected chi connectivity index (χ3v) is 3.56. The number of hydrogen-bond donors (Lipinski definition) is 1. The average Bonchev–Trinajstić information content (AvgIpc) is 2.41. The van der Waals surface area contributed by atoms with Crippen molar-refractivity contribution < 1.29 is 4.79 Å². The zero-order chi connectivity index (χ0) is 13.0. The van der Waals surface area contributed by atoms with Gasteiger partial charge in [0, 0.05) is 20.1 Å². The Labute approximate surface area is 109 Å². The second-order valence-corrected chi connectivity index (χ2v) is 5.22. The normalized spacial score (nSPS) is 19.6. The van der Waals surface area contributed by atoms with Crippen molar-refractivity contribution in [3.8, 4) is 0 Å². The standard InChI is InChI=1S/C15H22N2O/c1-12-5-7-13(8-6-12)11-17(2)15(18)14-4-3-9-16-10-14/h5-8,14,16H,3-4,9-11H2,1-2H3/t14-/m0/s1. The first-order valence-corrected chi connectivity index (χ1v) is 6.68. The summed E-state index contributed by atoms with van der Waals surface area (Å²) < 4.78 is 0. The molecule has 1 N–H and O–H groups in total. The maximum absolute atomic E-state index is 12.3. The third-order valence-electron chi connectivity index (χ3n) is 3.56. The minimum atomic E-state index is 0.161. The average molecular weight is 246 g/mol. The summed E-state index contributed by atoms with van der Waals surface area (Å²) in [7, 11) is 1.90. The maximum Gasteiger partial charge on any atom is 0.227 e. The Bertz CT molecular complexity index is 393. The molecule has 1 amide bonds. The van der Waals surface area contributed by atoms with Crippen molar-refractivity contribution in [1.29, 1.82) is 0 Å². The third kappa shape index (κ3) is 3.33. The van der Waals surface area contributed by atoms with E-state index < -0.39 is 0 Å².